The standard InChI is InChI=1S/C14H19N5/c1-10-11(2)17-18-14(13(10)7-15)19(3)9-12-5-4-6-16-8-12/h4-6,8H,7,9,15H2,1-3H3. The second-order valence-corrected chi connectivity index (χ2v) is 4.63. The fourth-order valence-electron chi connectivity index (χ4n) is 2.04. The molecule has 0 bridgehead atoms. The van der Waals surface area contributed by atoms with Crippen molar-refractivity contribution in [3.05, 3.63) is 46.9 Å². The van der Waals surface area contributed by atoms with E-state index in [1.54, 1.807) is 6.20 Å². The first kappa shape index (κ1) is 13.4. The van der Waals surface area contributed by atoms with Crippen molar-refractivity contribution >= 4 is 5.82 Å². The summed E-state index contributed by atoms with van der Waals surface area (Å²) >= 11 is 0. The molecule has 19 heavy (non-hydrogen) atoms. The molecule has 5 nitrogen and oxygen atoms in total. The molecule has 0 aliphatic heterocycles. The van der Waals surface area contributed by atoms with Crippen LogP contribution in [0.2, 0.25) is 0 Å². The molecule has 2 heterocycles. The summed E-state index contributed by atoms with van der Waals surface area (Å²) in [5.41, 5.74) is 10.1. The number of nitrogens with zero attached hydrogens (tertiary/aromatic N) is 4. The maximum absolute atomic E-state index is 5.84. The molecule has 0 unspecified atom stereocenters. The summed E-state index contributed by atoms with van der Waals surface area (Å²) in [4.78, 5) is 6.17. The molecule has 0 radical (unpaired) electrons. The predicted octanol–water partition coefficient (Wildman–Crippen LogP) is 1.58. The zero-order valence-electron chi connectivity index (χ0n) is 11.6. The van der Waals surface area contributed by atoms with Crippen LogP contribution in [-0.4, -0.2) is 22.2 Å². The van der Waals surface area contributed by atoms with Crippen LogP contribution in [0.3, 0.4) is 0 Å². The molecule has 0 saturated heterocycles. The fourth-order valence-corrected chi connectivity index (χ4v) is 2.04. The van der Waals surface area contributed by atoms with Gasteiger partial charge in [0.15, 0.2) is 5.82 Å². The summed E-state index contributed by atoms with van der Waals surface area (Å²) in [6.07, 6.45) is 3.62. The Morgan fingerprint density at radius 3 is 2.68 bits per heavy atom. The Bertz CT molecular complexity index is 553. The third-order valence-electron chi connectivity index (χ3n) is 3.27. The van der Waals surface area contributed by atoms with Crippen LogP contribution >= 0.6 is 0 Å². The topological polar surface area (TPSA) is 67.9 Å². The van der Waals surface area contributed by atoms with Gasteiger partial charge in [0.1, 0.15) is 0 Å². The first-order valence-corrected chi connectivity index (χ1v) is 6.26. The molecule has 0 amide bonds. The Morgan fingerprint density at radius 1 is 1.26 bits per heavy atom. The summed E-state index contributed by atoms with van der Waals surface area (Å²) < 4.78 is 0. The van der Waals surface area contributed by atoms with Crippen molar-refractivity contribution in [3.8, 4) is 0 Å². The summed E-state index contributed by atoms with van der Waals surface area (Å²) in [5.74, 6) is 0.842. The van der Waals surface area contributed by atoms with Gasteiger partial charge in [-0.2, -0.15) is 5.10 Å². The van der Waals surface area contributed by atoms with E-state index in [1.165, 1.54) is 0 Å². The molecule has 0 spiro atoms. The number of hydrogen-bond acceptors (Lipinski definition) is 5. The van der Waals surface area contributed by atoms with Crippen LogP contribution in [0, 0.1) is 13.8 Å². The number of pyridine rings is 1. The molecule has 0 saturated carbocycles. The van der Waals surface area contributed by atoms with E-state index >= 15 is 0 Å². The SMILES string of the molecule is Cc1nnc(N(C)Cc2cccnc2)c(CN)c1C. The highest BCUT2D eigenvalue weighted by atomic mass is 15.2. The van der Waals surface area contributed by atoms with Crippen molar-refractivity contribution in [3.63, 3.8) is 0 Å². The third kappa shape index (κ3) is 2.88. The Morgan fingerprint density at radius 2 is 2.05 bits per heavy atom. The average molecular weight is 257 g/mol. The zero-order valence-corrected chi connectivity index (χ0v) is 11.6. The number of aryl methyl sites for hydroxylation is 1. The normalized spacial score (nSPS) is 10.5. The second kappa shape index (κ2) is 5.75. The van der Waals surface area contributed by atoms with Gasteiger partial charge in [-0.3, -0.25) is 4.98 Å². The molecule has 0 aromatic carbocycles. The largest absolute Gasteiger partial charge is 0.354 e. The van der Waals surface area contributed by atoms with Gasteiger partial charge in [0.25, 0.3) is 0 Å². The van der Waals surface area contributed by atoms with Crippen LogP contribution in [-0.2, 0) is 13.1 Å². The average Bonchev–Trinajstić information content (AvgIpc) is 2.42. The minimum Gasteiger partial charge on any atom is -0.354 e. The lowest BCUT2D eigenvalue weighted by Crippen LogP contribution is -2.22. The highest BCUT2D eigenvalue weighted by molar-refractivity contribution is 5.50. The molecule has 2 aromatic heterocycles. The van der Waals surface area contributed by atoms with Gasteiger partial charge in [0, 0.05) is 38.1 Å². The van der Waals surface area contributed by atoms with E-state index in [2.05, 4.69) is 20.1 Å². The van der Waals surface area contributed by atoms with Gasteiger partial charge in [0.05, 0.1) is 5.69 Å². The first-order chi connectivity index (χ1) is 9.13. The highest BCUT2D eigenvalue weighted by Crippen LogP contribution is 2.21. The van der Waals surface area contributed by atoms with E-state index in [0.717, 1.165) is 34.7 Å². The Kier molecular flexibility index (Phi) is 4.06. The molecule has 0 atom stereocenters. The van der Waals surface area contributed by atoms with Crippen LogP contribution in [0.4, 0.5) is 5.82 Å². The van der Waals surface area contributed by atoms with Gasteiger partial charge < -0.3 is 10.6 Å². The van der Waals surface area contributed by atoms with Crippen molar-refractivity contribution in [1.29, 1.82) is 0 Å². The van der Waals surface area contributed by atoms with Crippen molar-refractivity contribution in [1.82, 2.24) is 15.2 Å². The van der Waals surface area contributed by atoms with Gasteiger partial charge in [-0.25, -0.2) is 0 Å². The lowest BCUT2D eigenvalue weighted by Gasteiger charge is -2.21. The molecule has 0 aliphatic carbocycles. The third-order valence-corrected chi connectivity index (χ3v) is 3.27. The molecule has 2 rings (SSSR count). The number of rotatable bonds is 4. The molecule has 2 N–H and O–H groups in total. The Balaban J connectivity index is 2.29. The van der Waals surface area contributed by atoms with E-state index in [0.29, 0.717) is 6.54 Å². The monoisotopic (exact) mass is 257 g/mol. The van der Waals surface area contributed by atoms with Crippen molar-refractivity contribution in [2.75, 3.05) is 11.9 Å². The Labute approximate surface area is 113 Å². The van der Waals surface area contributed by atoms with E-state index in [9.17, 15) is 0 Å². The smallest absolute Gasteiger partial charge is 0.156 e. The van der Waals surface area contributed by atoms with E-state index in [-0.39, 0.29) is 0 Å². The molecule has 5 heteroatoms. The summed E-state index contributed by atoms with van der Waals surface area (Å²) in [6, 6.07) is 3.97. The minimum atomic E-state index is 0.467. The second-order valence-electron chi connectivity index (χ2n) is 4.63. The van der Waals surface area contributed by atoms with Crippen molar-refractivity contribution in [2.24, 2.45) is 5.73 Å². The van der Waals surface area contributed by atoms with E-state index < -0.39 is 0 Å². The predicted molar refractivity (Wildman–Crippen MR) is 75.7 cm³/mol. The van der Waals surface area contributed by atoms with Gasteiger partial charge >= 0.3 is 0 Å². The molecule has 0 fully saturated rings. The maximum atomic E-state index is 5.84. The maximum Gasteiger partial charge on any atom is 0.156 e. The lowest BCUT2D eigenvalue weighted by atomic mass is 10.1. The van der Waals surface area contributed by atoms with Crippen LogP contribution < -0.4 is 10.6 Å². The number of aromatic nitrogens is 3. The van der Waals surface area contributed by atoms with Crippen molar-refractivity contribution in [2.45, 2.75) is 26.9 Å². The van der Waals surface area contributed by atoms with Gasteiger partial charge in [-0.05, 0) is 31.0 Å². The van der Waals surface area contributed by atoms with Crippen LogP contribution in [0.15, 0.2) is 24.5 Å². The van der Waals surface area contributed by atoms with E-state index in [4.69, 9.17) is 5.73 Å². The van der Waals surface area contributed by atoms with Crippen LogP contribution in [0.25, 0.3) is 0 Å². The molecule has 100 valence electrons. The number of nitrogens with two attached hydrogens (primary N) is 1. The summed E-state index contributed by atoms with van der Waals surface area (Å²) in [6.45, 7) is 5.19. The first-order valence-electron chi connectivity index (χ1n) is 6.26. The molecule has 2 aromatic rings. The lowest BCUT2D eigenvalue weighted by molar-refractivity contribution is 0.821. The molecular weight excluding hydrogens is 238 g/mol. The quantitative estimate of drug-likeness (QED) is 0.900. The van der Waals surface area contributed by atoms with Crippen molar-refractivity contribution < 1.29 is 0 Å². The van der Waals surface area contributed by atoms with Crippen LogP contribution in [0.1, 0.15) is 22.4 Å². The fraction of sp³-hybridized carbons (Fsp3) is 0.357. The number of hydrogen-bond donors (Lipinski definition) is 1. The molecule has 0 aliphatic rings. The van der Waals surface area contributed by atoms with Gasteiger partial charge in [0.2, 0.25) is 0 Å². The van der Waals surface area contributed by atoms with E-state index in [1.807, 2.05) is 39.2 Å². The molecular formula is C14H19N5. The zero-order chi connectivity index (χ0) is 13.8. The minimum absolute atomic E-state index is 0.467. The van der Waals surface area contributed by atoms with Crippen LogP contribution in [0.5, 0.6) is 0 Å². The number of anilines is 1. The van der Waals surface area contributed by atoms with Gasteiger partial charge in [-0.1, -0.05) is 6.07 Å². The summed E-state index contributed by atoms with van der Waals surface area (Å²) in [5, 5.41) is 8.47. The highest BCUT2D eigenvalue weighted by Gasteiger charge is 2.13. The van der Waals surface area contributed by atoms with Gasteiger partial charge in [-0.15, -0.1) is 5.10 Å². The summed E-state index contributed by atoms with van der Waals surface area (Å²) in [7, 11) is 1.99. The Hall–Kier alpha value is -2.01.